The van der Waals surface area contributed by atoms with Gasteiger partial charge >= 0.3 is 6.09 Å². The first kappa shape index (κ1) is 23.2. The molecule has 5 nitrogen and oxygen atoms in total. The van der Waals surface area contributed by atoms with Crippen molar-refractivity contribution in [2.24, 2.45) is 11.8 Å². The standard InChI is InChI=1S/C27H39NO4/c1-18(2)10-9-14-27(6)21-16-19-17-28(25(29)32-26(3,4)5)15-13-22(19)30-24(21)20-11-7-8-12-23(20)31-27/h7-8,10-12,19,21-22,24H,9,13-17H2,1-6H3/t19-,21+,22+,24-,27-/m1/s1. The molecule has 0 saturated carbocycles. The molecule has 176 valence electrons. The van der Waals surface area contributed by atoms with E-state index >= 15 is 0 Å². The Labute approximate surface area is 193 Å². The minimum absolute atomic E-state index is 0.0472. The molecule has 1 amide bonds. The summed E-state index contributed by atoms with van der Waals surface area (Å²) in [6.07, 6.45) is 6.08. The number of allylic oxidation sites excluding steroid dienone is 2. The topological polar surface area (TPSA) is 48.0 Å². The van der Waals surface area contributed by atoms with Crippen molar-refractivity contribution in [2.75, 3.05) is 13.1 Å². The number of piperidine rings is 1. The smallest absolute Gasteiger partial charge is 0.410 e. The van der Waals surface area contributed by atoms with Gasteiger partial charge in [-0.3, -0.25) is 0 Å². The molecule has 0 radical (unpaired) electrons. The number of carbonyl (C=O) groups excluding carboxylic acids is 1. The van der Waals surface area contributed by atoms with Crippen molar-refractivity contribution >= 4 is 6.09 Å². The third-order valence-electron chi connectivity index (χ3n) is 7.11. The fraction of sp³-hybridized carbons (Fsp3) is 0.667. The predicted octanol–water partition coefficient (Wildman–Crippen LogP) is 6.29. The molecule has 3 aliphatic heterocycles. The molecule has 5 atom stereocenters. The number of benzene rings is 1. The third kappa shape index (κ3) is 4.83. The van der Waals surface area contributed by atoms with Gasteiger partial charge in [0.2, 0.25) is 0 Å². The Morgan fingerprint density at radius 2 is 2.03 bits per heavy atom. The van der Waals surface area contributed by atoms with Gasteiger partial charge in [-0.2, -0.15) is 0 Å². The van der Waals surface area contributed by atoms with Gasteiger partial charge in [0, 0.05) is 30.5 Å². The van der Waals surface area contributed by atoms with Crippen LogP contribution in [0.5, 0.6) is 5.75 Å². The number of hydrogen-bond acceptors (Lipinski definition) is 4. The van der Waals surface area contributed by atoms with E-state index in [-0.39, 0.29) is 29.8 Å². The van der Waals surface area contributed by atoms with Gasteiger partial charge in [0.05, 0.1) is 12.2 Å². The second-order valence-electron chi connectivity index (χ2n) is 11.2. The van der Waals surface area contributed by atoms with Crippen LogP contribution >= 0.6 is 0 Å². The highest BCUT2D eigenvalue weighted by Gasteiger charge is 2.53. The summed E-state index contributed by atoms with van der Waals surface area (Å²) in [6.45, 7) is 13.7. The maximum atomic E-state index is 12.7. The van der Waals surface area contributed by atoms with E-state index in [1.807, 2.05) is 31.7 Å². The quantitative estimate of drug-likeness (QED) is 0.517. The summed E-state index contributed by atoms with van der Waals surface area (Å²) < 4.78 is 19.1. The Kier molecular flexibility index (Phi) is 6.32. The Morgan fingerprint density at radius 3 is 2.75 bits per heavy atom. The lowest BCUT2D eigenvalue weighted by molar-refractivity contribution is -0.190. The molecule has 5 heteroatoms. The lowest BCUT2D eigenvalue weighted by Gasteiger charge is -2.54. The number of hydrogen-bond donors (Lipinski definition) is 0. The van der Waals surface area contributed by atoms with E-state index < -0.39 is 5.60 Å². The third-order valence-corrected chi connectivity index (χ3v) is 7.11. The highest BCUT2D eigenvalue weighted by molar-refractivity contribution is 5.68. The lowest BCUT2D eigenvalue weighted by Crippen LogP contribution is -2.57. The molecule has 1 aromatic carbocycles. The summed E-state index contributed by atoms with van der Waals surface area (Å²) in [5.74, 6) is 1.51. The Balaban J connectivity index is 1.56. The van der Waals surface area contributed by atoms with Crippen LogP contribution in [0.15, 0.2) is 35.9 Å². The van der Waals surface area contributed by atoms with Crippen LogP contribution in [0.3, 0.4) is 0 Å². The van der Waals surface area contributed by atoms with E-state index in [1.165, 1.54) is 11.1 Å². The average molecular weight is 442 g/mol. The number of rotatable bonds is 3. The molecule has 0 bridgehead atoms. The molecule has 3 aliphatic rings. The van der Waals surface area contributed by atoms with Crippen LogP contribution in [-0.2, 0) is 9.47 Å². The van der Waals surface area contributed by atoms with Crippen LogP contribution in [0.4, 0.5) is 4.79 Å². The maximum Gasteiger partial charge on any atom is 0.410 e. The minimum Gasteiger partial charge on any atom is -0.487 e. The van der Waals surface area contributed by atoms with Crippen LogP contribution in [0, 0.1) is 11.8 Å². The highest BCUT2D eigenvalue weighted by Crippen LogP contribution is 2.54. The second kappa shape index (κ2) is 8.74. The SMILES string of the molecule is CC(C)=CCC[C@@]1(C)Oc2ccccc2[C@H]2O[C@H]3CCN(C(=O)OC(C)(C)C)C[C@H]3C[C@@H]21. The number of amides is 1. The summed E-state index contributed by atoms with van der Waals surface area (Å²) >= 11 is 0. The van der Waals surface area contributed by atoms with Gasteiger partial charge < -0.3 is 19.1 Å². The molecule has 32 heavy (non-hydrogen) atoms. The summed E-state index contributed by atoms with van der Waals surface area (Å²) in [7, 11) is 0. The first-order valence-corrected chi connectivity index (χ1v) is 12.1. The van der Waals surface area contributed by atoms with Gasteiger partial charge in [-0.05, 0) is 73.3 Å². The van der Waals surface area contributed by atoms with Crippen LogP contribution in [0.1, 0.15) is 78.9 Å². The van der Waals surface area contributed by atoms with E-state index in [4.69, 9.17) is 14.2 Å². The molecule has 2 saturated heterocycles. The highest BCUT2D eigenvalue weighted by atomic mass is 16.6. The van der Waals surface area contributed by atoms with Crippen LogP contribution in [0.25, 0.3) is 0 Å². The van der Waals surface area contributed by atoms with Crippen molar-refractivity contribution in [3.8, 4) is 5.75 Å². The normalized spacial score (nSPS) is 31.5. The average Bonchev–Trinajstić information content (AvgIpc) is 2.71. The van der Waals surface area contributed by atoms with Crippen LogP contribution < -0.4 is 4.74 Å². The van der Waals surface area contributed by atoms with Crippen molar-refractivity contribution in [3.05, 3.63) is 41.5 Å². The number of likely N-dealkylation sites (tertiary alicyclic amines) is 1. The van der Waals surface area contributed by atoms with Gasteiger partial charge in [0.15, 0.2) is 0 Å². The Bertz CT molecular complexity index is 869. The molecule has 0 aromatic heterocycles. The van der Waals surface area contributed by atoms with Gasteiger partial charge in [0.25, 0.3) is 0 Å². The molecule has 4 rings (SSSR count). The summed E-state index contributed by atoms with van der Waals surface area (Å²) in [6, 6.07) is 8.34. The summed E-state index contributed by atoms with van der Waals surface area (Å²) in [5, 5.41) is 0. The molecular weight excluding hydrogens is 402 g/mol. The second-order valence-corrected chi connectivity index (χ2v) is 11.2. The van der Waals surface area contributed by atoms with Gasteiger partial charge in [0.1, 0.15) is 17.0 Å². The molecule has 2 fully saturated rings. The van der Waals surface area contributed by atoms with E-state index in [9.17, 15) is 4.79 Å². The number of nitrogens with zero attached hydrogens (tertiary/aromatic N) is 1. The number of fused-ring (bicyclic) bond motifs is 4. The molecule has 0 spiro atoms. The first-order chi connectivity index (χ1) is 15.1. The van der Waals surface area contributed by atoms with E-state index in [2.05, 4.69) is 45.0 Å². The van der Waals surface area contributed by atoms with Crippen molar-refractivity contribution in [1.82, 2.24) is 4.90 Å². The van der Waals surface area contributed by atoms with Crippen molar-refractivity contribution in [1.29, 1.82) is 0 Å². The number of ether oxygens (including phenoxy) is 3. The maximum absolute atomic E-state index is 12.7. The molecular formula is C27H39NO4. The zero-order chi connectivity index (χ0) is 23.1. The molecule has 1 aromatic rings. The summed E-state index contributed by atoms with van der Waals surface area (Å²) in [4.78, 5) is 14.6. The first-order valence-electron chi connectivity index (χ1n) is 12.1. The van der Waals surface area contributed by atoms with Crippen molar-refractivity contribution < 1.29 is 19.0 Å². The van der Waals surface area contributed by atoms with Crippen LogP contribution in [-0.4, -0.2) is 41.4 Å². The summed E-state index contributed by atoms with van der Waals surface area (Å²) in [5.41, 5.74) is 1.73. The Morgan fingerprint density at radius 1 is 1.28 bits per heavy atom. The fourth-order valence-corrected chi connectivity index (χ4v) is 5.52. The van der Waals surface area contributed by atoms with E-state index in [0.29, 0.717) is 19.0 Å². The minimum atomic E-state index is -0.480. The van der Waals surface area contributed by atoms with Crippen LogP contribution in [0.2, 0.25) is 0 Å². The fourth-order valence-electron chi connectivity index (χ4n) is 5.52. The van der Waals surface area contributed by atoms with Gasteiger partial charge in [-0.15, -0.1) is 0 Å². The van der Waals surface area contributed by atoms with E-state index in [1.54, 1.807) is 0 Å². The largest absolute Gasteiger partial charge is 0.487 e. The monoisotopic (exact) mass is 441 g/mol. The van der Waals surface area contributed by atoms with E-state index in [0.717, 1.165) is 31.4 Å². The number of para-hydroxylation sites is 1. The van der Waals surface area contributed by atoms with Gasteiger partial charge in [-0.25, -0.2) is 4.79 Å². The lowest BCUT2D eigenvalue weighted by atomic mass is 9.68. The molecule has 3 heterocycles. The molecule has 0 aliphatic carbocycles. The molecule has 0 N–H and O–H groups in total. The zero-order valence-corrected chi connectivity index (χ0v) is 20.5. The zero-order valence-electron chi connectivity index (χ0n) is 20.5. The number of carbonyl (C=O) groups is 1. The predicted molar refractivity (Wildman–Crippen MR) is 126 cm³/mol. The van der Waals surface area contributed by atoms with Crippen molar-refractivity contribution in [3.63, 3.8) is 0 Å². The Hall–Kier alpha value is -2.01. The van der Waals surface area contributed by atoms with Crippen molar-refractivity contribution in [2.45, 2.75) is 90.6 Å². The van der Waals surface area contributed by atoms with Gasteiger partial charge in [-0.1, -0.05) is 29.8 Å². The molecule has 0 unspecified atom stereocenters.